The monoisotopic (exact) mass is 216 g/mol. The number of ether oxygens (including phenoxy) is 1. The Hall–Kier alpha value is -2.03. The van der Waals surface area contributed by atoms with Crippen LogP contribution >= 0.6 is 0 Å². The predicted molar refractivity (Wildman–Crippen MR) is 58.1 cm³/mol. The van der Waals surface area contributed by atoms with Gasteiger partial charge in [0.2, 0.25) is 0 Å². The van der Waals surface area contributed by atoms with E-state index in [1.807, 2.05) is 30.3 Å². The van der Waals surface area contributed by atoms with Crippen molar-refractivity contribution in [2.45, 2.75) is 13.5 Å². The molecular weight excluding hydrogens is 204 g/mol. The van der Waals surface area contributed by atoms with E-state index in [2.05, 4.69) is 0 Å². The first-order valence-electron chi connectivity index (χ1n) is 5.02. The summed E-state index contributed by atoms with van der Waals surface area (Å²) in [7, 11) is 0. The molecule has 3 heteroatoms. The average Bonchev–Trinajstić information content (AvgIpc) is 2.32. The molecule has 0 aliphatic heterocycles. The Morgan fingerprint density at radius 3 is 2.75 bits per heavy atom. The summed E-state index contributed by atoms with van der Waals surface area (Å²) in [5.41, 5.74) is 1.03. The second-order valence-corrected chi connectivity index (χ2v) is 3.49. The molecule has 0 bridgehead atoms. The lowest BCUT2D eigenvalue weighted by molar-refractivity contribution is -0.272. The summed E-state index contributed by atoms with van der Waals surface area (Å²) in [5.74, 6) is 0.747. The molecule has 0 unspecified atom stereocenters. The molecule has 3 nitrogen and oxygen atoms in total. The summed E-state index contributed by atoms with van der Waals surface area (Å²) in [6, 6.07) is 11.3. The van der Waals surface area contributed by atoms with Gasteiger partial charge < -0.3 is 9.84 Å². The van der Waals surface area contributed by atoms with Crippen LogP contribution in [0.1, 0.15) is 11.3 Å². The molecule has 2 rings (SSSR count). The molecule has 0 amide bonds. The van der Waals surface area contributed by atoms with Gasteiger partial charge in [0.05, 0.1) is 13.0 Å². The molecule has 16 heavy (non-hydrogen) atoms. The lowest BCUT2D eigenvalue weighted by atomic mass is 10.2. The van der Waals surface area contributed by atoms with Gasteiger partial charge in [0.15, 0.2) is 0 Å². The normalized spacial score (nSPS) is 10.1. The molecule has 0 spiro atoms. The lowest BCUT2D eigenvalue weighted by Gasteiger charge is -2.10. The molecule has 0 fully saturated rings. The zero-order valence-corrected chi connectivity index (χ0v) is 8.97. The largest absolute Gasteiger partial charge is 0.864 e. The summed E-state index contributed by atoms with van der Waals surface area (Å²) in [4.78, 5) is 0. The molecule has 0 saturated carbocycles. The van der Waals surface area contributed by atoms with Crippen molar-refractivity contribution in [1.82, 2.24) is 0 Å². The molecule has 2 aromatic rings. The smallest absolute Gasteiger partial charge is 0.329 e. The van der Waals surface area contributed by atoms with E-state index in [9.17, 15) is 5.11 Å². The molecule has 0 N–H and O–H groups in total. The fourth-order valence-corrected chi connectivity index (χ4v) is 1.34. The summed E-state index contributed by atoms with van der Waals surface area (Å²) in [5, 5.41) is 11.4. The van der Waals surface area contributed by atoms with Crippen molar-refractivity contribution in [2.75, 3.05) is 0 Å². The number of benzene rings is 1. The van der Waals surface area contributed by atoms with Gasteiger partial charge in [-0.15, -0.1) is 0 Å². The molecular formula is C13H12O3. The van der Waals surface area contributed by atoms with E-state index >= 15 is 0 Å². The van der Waals surface area contributed by atoms with Crippen molar-refractivity contribution < 1.29 is 14.3 Å². The van der Waals surface area contributed by atoms with Gasteiger partial charge in [0.1, 0.15) is 12.4 Å². The highest BCUT2D eigenvalue weighted by molar-refractivity contribution is 5.35. The van der Waals surface area contributed by atoms with Gasteiger partial charge >= 0.3 is 12.0 Å². The van der Waals surface area contributed by atoms with Gasteiger partial charge in [-0.05, 0) is 5.56 Å². The van der Waals surface area contributed by atoms with E-state index in [0.717, 1.165) is 11.8 Å². The quantitative estimate of drug-likeness (QED) is 0.740. The maximum absolute atomic E-state index is 11.4. The molecule has 1 heterocycles. The Bertz CT molecular complexity index is 466. The first-order valence-corrected chi connectivity index (χ1v) is 5.02. The van der Waals surface area contributed by atoms with Crippen LogP contribution in [0, 0.1) is 6.92 Å². The van der Waals surface area contributed by atoms with Gasteiger partial charge in [-0.2, -0.15) is 0 Å². The van der Waals surface area contributed by atoms with Crippen molar-refractivity contribution >= 4 is 0 Å². The van der Waals surface area contributed by atoms with Crippen LogP contribution in [0.5, 0.6) is 11.5 Å². The van der Waals surface area contributed by atoms with Gasteiger partial charge in [-0.25, -0.2) is 4.42 Å². The van der Waals surface area contributed by atoms with E-state index in [-0.39, 0.29) is 5.75 Å². The predicted octanol–water partition coefficient (Wildman–Crippen LogP) is 2.52. The molecule has 1 aromatic heterocycles. The second-order valence-electron chi connectivity index (χ2n) is 3.49. The van der Waals surface area contributed by atoms with Crippen molar-refractivity contribution in [3.8, 4) is 11.5 Å². The number of rotatable bonds is 3. The van der Waals surface area contributed by atoms with Gasteiger partial charge in [0.25, 0.3) is 0 Å². The third-order valence-electron chi connectivity index (χ3n) is 2.17. The van der Waals surface area contributed by atoms with E-state index in [4.69, 9.17) is 9.15 Å². The van der Waals surface area contributed by atoms with Crippen LogP contribution in [-0.4, -0.2) is 0 Å². The van der Waals surface area contributed by atoms with Crippen molar-refractivity contribution in [2.24, 2.45) is 0 Å². The minimum absolute atomic E-state index is 0.235. The van der Waals surface area contributed by atoms with E-state index in [1.54, 1.807) is 13.0 Å². The first kappa shape index (κ1) is 10.5. The Morgan fingerprint density at radius 1 is 1.25 bits per heavy atom. The highest BCUT2D eigenvalue weighted by Crippen LogP contribution is 2.24. The Labute approximate surface area is 93.9 Å². The van der Waals surface area contributed by atoms with Gasteiger partial charge in [0, 0.05) is 5.75 Å². The minimum Gasteiger partial charge on any atom is -0.864 e. The Kier molecular flexibility index (Phi) is 3.05. The lowest BCUT2D eigenvalue weighted by Crippen LogP contribution is -2.00. The van der Waals surface area contributed by atoms with Crippen molar-refractivity contribution in [1.29, 1.82) is 0 Å². The number of aryl methyl sites for hydroxylation is 1. The topological polar surface area (TPSA) is 43.6 Å². The standard InChI is InChI=1S/C13H12O3/c1-10-7-13(12(14)9-15-10)16-8-11-5-3-2-4-6-11/h2-7,9H,8H2,1H3. The van der Waals surface area contributed by atoms with E-state index in [1.165, 1.54) is 0 Å². The zero-order chi connectivity index (χ0) is 11.4. The minimum atomic E-state index is -0.235. The van der Waals surface area contributed by atoms with E-state index in [0.29, 0.717) is 18.1 Å². The fourth-order valence-electron chi connectivity index (χ4n) is 1.34. The van der Waals surface area contributed by atoms with E-state index < -0.39 is 0 Å². The van der Waals surface area contributed by atoms with Crippen molar-refractivity contribution in [3.05, 3.63) is 54.0 Å². The zero-order valence-electron chi connectivity index (χ0n) is 8.97. The number of hydrogen-bond donors (Lipinski definition) is 0. The molecule has 1 aromatic carbocycles. The SMILES string of the molecule is Cc1cc(OCc2ccccc2)c([O-])c[o+]1. The molecule has 0 aliphatic rings. The third kappa shape index (κ3) is 2.51. The highest BCUT2D eigenvalue weighted by Gasteiger charge is 2.05. The summed E-state index contributed by atoms with van der Waals surface area (Å²) < 4.78 is 10.4. The van der Waals surface area contributed by atoms with Crippen LogP contribution in [0.15, 0.2) is 47.1 Å². The second kappa shape index (κ2) is 4.66. The van der Waals surface area contributed by atoms with Crippen LogP contribution in [0.4, 0.5) is 0 Å². The van der Waals surface area contributed by atoms with Crippen molar-refractivity contribution in [3.63, 3.8) is 0 Å². The van der Waals surface area contributed by atoms with Crippen LogP contribution in [-0.2, 0) is 6.61 Å². The average molecular weight is 216 g/mol. The molecule has 0 aliphatic carbocycles. The maximum atomic E-state index is 11.4. The number of hydrogen-bond acceptors (Lipinski definition) is 2. The molecule has 0 radical (unpaired) electrons. The Morgan fingerprint density at radius 2 is 2.00 bits per heavy atom. The molecule has 82 valence electrons. The van der Waals surface area contributed by atoms with Crippen LogP contribution < -0.4 is 9.84 Å². The molecule has 0 atom stereocenters. The summed E-state index contributed by atoms with van der Waals surface area (Å²) >= 11 is 0. The van der Waals surface area contributed by atoms with Crippen LogP contribution in [0.2, 0.25) is 0 Å². The Balaban J connectivity index is 2.08. The summed E-state index contributed by atoms with van der Waals surface area (Å²) in [6.07, 6.45) is 1.16. The van der Waals surface area contributed by atoms with Gasteiger partial charge in [-0.1, -0.05) is 30.3 Å². The van der Waals surface area contributed by atoms with Gasteiger partial charge in [-0.3, -0.25) is 0 Å². The molecule has 0 saturated heterocycles. The summed E-state index contributed by atoms with van der Waals surface area (Å²) in [6.45, 7) is 2.16. The van der Waals surface area contributed by atoms with Crippen LogP contribution in [0.3, 0.4) is 0 Å². The fraction of sp³-hybridized carbons (Fsp3) is 0.154. The first-order chi connectivity index (χ1) is 7.75. The maximum Gasteiger partial charge on any atom is 0.329 e. The third-order valence-corrected chi connectivity index (χ3v) is 2.17. The van der Waals surface area contributed by atoms with Crippen LogP contribution in [0.25, 0.3) is 0 Å². The highest BCUT2D eigenvalue weighted by atomic mass is 16.5.